The molecule has 0 bridgehead atoms. The SMILES string of the molecule is c1ccc2cc(O[n+]3ccncc3)ccc2c1. The molecule has 0 aliphatic heterocycles. The van der Waals surface area contributed by atoms with Gasteiger partial charge in [0.05, 0.1) is 12.4 Å². The van der Waals surface area contributed by atoms with Crippen LogP contribution >= 0.6 is 0 Å². The quantitative estimate of drug-likeness (QED) is 0.623. The first-order valence-electron chi connectivity index (χ1n) is 5.40. The largest absolute Gasteiger partial charge is 0.252 e. The lowest BCUT2D eigenvalue weighted by atomic mass is 10.1. The summed E-state index contributed by atoms with van der Waals surface area (Å²) < 4.78 is 1.62. The number of benzene rings is 2. The lowest BCUT2D eigenvalue weighted by molar-refractivity contribution is -0.875. The summed E-state index contributed by atoms with van der Waals surface area (Å²) in [5.74, 6) is 0.805. The van der Waals surface area contributed by atoms with Crippen molar-refractivity contribution < 1.29 is 9.57 Å². The van der Waals surface area contributed by atoms with Gasteiger partial charge in [0.15, 0.2) is 0 Å². The first-order chi connectivity index (χ1) is 8.42. The molecule has 0 aliphatic rings. The van der Waals surface area contributed by atoms with Crippen LogP contribution in [0.25, 0.3) is 10.8 Å². The van der Waals surface area contributed by atoms with Gasteiger partial charge in [-0.25, -0.2) is 4.84 Å². The van der Waals surface area contributed by atoms with Crippen molar-refractivity contribution >= 4 is 10.8 Å². The predicted octanol–water partition coefficient (Wildman–Crippen LogP) is 2.36. The van der Waals surface area contributed by atoms with E-state index in [1.165, 1.54) is 10.8 Å². The van der Waals surface area contributed by atoms with Crippen LogP contribution < -0.4 is 9.57 Å². The van der Waals surface area contributed by atoms with Crippen LogP contribution in [0.2, 0.25) is 0 Å². The number of nitrogens with zero attached hydrogens (tertiary/aromatic N) is 2. The molecule has 0 fully saturated rings. The topological polar surface area (TPSA) is 26.0 Å². The molecule has 3 rings (SSSR count). The minimum Gasteiger partial charge on any atom is -0.252 e. The standard InChI is InChI=1S/C14H11N2O/c1-2-4-13-11-14(6-5-12(13)3-1)17-16-9-7-15-8-10-16/h1-11H/q+1. The van der Waals surface area contributed by atoms with Gasteiger partial charge < -0.3 is 0 Å². The summed E-state index contributed by atoms with van der Waals surface area (Å²) in [6.45, 7) is 0. The lowest BCUT2D eigenvalue weighted by Gasteiger charge is -2.00. The Hall–Kier alpha value is -2.42. The molecule has 0 saturated heterocycles. The van der Waals surface area contributed by atoms with Crippen molar-refractivity contribution in [2.75, 3.05) is 0 Å². The summed E-state index contributed by atoms with van der Waals surface area (Å²) >= 11 is 0. The number of hydrogen-bond acceptors (Lipinski definition) is 2. The Morgan fingerprint density at radius 1 is 0.882 bits per heavy atom. The molecule has 0 unspecified atom stereocenters. The number of aromatic nitrogens is 2. The Balaban J connectivity index is 1.96. The van der Waals surface area contributed by atoms with E-state index in [9.17, 15) is 0 Å². The second-order valence-corrected chi connectivity index (χ2v) is 3.71. The summed E-state index contributed by atoms with van der Waals surface area (Å²) in [5.41, 5.74) is 0. The first kappa shape index (κ1) is 9.78. The molecule has 3 nitrogen and oxygen atoms in total. The zero-order valence-electron chi connectivity index (χ0n) is 9.15. The van der Waals surface area contributed by atoms with E-state index in [0.717, 1.165) is 5.75 Å². The molecule has 17 heavy (non-hydrogen) atoms. The van der Waals surface area contributed by atoms with Crippen LogP contribution in [-0.2, 0) is 0 Å². The van der Waals surface area contributed by atoms with Gasteiger partial charge in [-0.15, -0.1) is 0 Å². The second-order valence-electron chi connectivity index (χ2n) is 3.71. The Morgan fingerprint density at radius 3 is 2.47 bits per heavy atom. The molecule has 1 aromatic heterocycles. The Kier molecular flexibility index (Phi) is 2.43. The van der Waals surface area contributed by atoms with Crippen LogP contribution in [0.15, 0.2) is 67.3 Å². The van der Waals surface area contributed by atoms with E-state index >= 15 is 0 Å². The van der Waals surface area contributed by atoms with Crippen LogP contribution in [0, 0.1) is 0 Å². The summed E-state index contributed by atoms with van der Waals surface area (Å²) in [4.78, 5) is 9.60. The monoisotopic (exact) mass is 223 g/mol. The van der Waals surface area contributed by atoms with Crippen molar-refractivity contribution in [2.24, 2.45) is 0 Å². The van der Waals surface area contributed by atoms with Gasteiger partial charge in [0.2, 0.25) is 18.1 Å². The van der Waals surface area contributed by atoms with E-state index in [4.69, 9.17) is 4.84 Å². The van der Waals surface area contributed by atoms with Gasteiger partial charge in [-0.1, -0.05) is 30.3 Å². The molecule has 0 saturated carbocycles. The van der Waals surface area contributed by atoms with Crippen LogP contribution in [0.3, 0.4) is 0 Å². The maximum absolute atomic E-state index is 5.66. The van der Waals surface area contributed by atoms with Gasteiger partial charge in [0.25, 0.3) is 0 Å². The minimum absolute atomic E-state index is 0.805. The van der Waals surface area contributed by atoms with E-state index in [1.807, 2.05) is 30.3 Å². The van der Waals surface area contributed by atoms with Gasteiger partial charge in [0, 0.05) is 4.73 Å². The van der Waals surface area contributed by atoms with Crippen LogP contribution in [0.1, 0.15) is 0 Å². The molecule has 0 atom stereocenters. The third kappa shape index (κ3) is 2.08. The molecule has 3 aromatic rings. The highest BCUT2D eigenvalue weighted by Crippen LogP contribution is 2.19. The minimum atomic E-state index is 0.805. The number of hydrogen-bond donors (Lipinski definition) is 0. The summed E-state index contributed by atoms with van der Waals surface area (Å²) in [6.07, 6.45) is 6.88. The van der Waals surface area contributed by atoms with E-state index in [1.54, 1.807) is 29.5 Å². The van der Waals surface area contributed by atoms with E-state index < -0.39 is 0 Å². The molecule has 0 aliphatic carbocycles. The van der Waals surface area contributed by atoms with Gasteiger partial charge >= 0.3 is 0 Å². The fourth-order valence-corrected chi connectivity index (χ4v) is 1.71. The Bertz CT molecular complexity index is 638. The zero-order chi connectivity index (χ0) is 11.5. The summed E-state index contributed by atoms with van der Waals surface area (Å²) in [5, 5.41) is 2.37. The fourth-order valence-electron chi connectivity index (χ4n) is 1.71. The van der Waals surface area contributed by atoms with E-state index in [0.29, 0.717) is 0 Å². The maximum Gasteiger partial charge on any atom is 0.241 e. The van der Waals surface area contributed by atoms with Crippen molar-refractivity contribution in [2.45, 2.75) is 0 Å². The highest BCUT2D eigenvalue weighted by molar-refractivity contribution is 5.83. The molecule has 0 N–H and O–H groups in total. The molecule has 0 spiro atoms. The molecule has 0 radical (unpaired) electrons. The maximum atomic E-state index is 5.66. The summed E-state index contributed by atoms with van der Waals surface area (Å²) in [6, 6.07) is 14.2. The molecular formula is C14H11N2O+. The van der Waals surface area contributed by atoms with Gasteiger partial charge in [-0.3, -0.25) is 4.98 Å². The van der Waals surface area contributed by atoms with Crippen molar-refractivity contribution in [3.63, 3.8) is 0 Å². The Morgan fingerprint density at radius 2 is 1.65 bits per heavy atom. The summed E-state index contributed by atoms with van der Waals surface area (Å²) in [7, 11) is 0. The molecule has 1 heterocycles. The highest BCUT2D eigenvalue weighted by atomic mass is 16.7. The van der Waals surface area contributed by atoms with Gasteiger partial charge in [0.1, 0.15) is 0 Å². The average molecular weight is 223 g/mol. The third-order valence-corrected chi connectivity index (χ3v) is 2.53. The lowest BCUT2D eigenvalue weighted by Crippen LogP contribution is -2.38. The van der Waals surface area contributed by atoms with Crippen LogP contribution in [0.4, 0.5) is 0 Å². The van der Waals surface area contributed by atoms with E-state index in [-0.39, 0.29) is 0 Å². The molecule has 0 amide bonds. The van der Waals surface area contributed by atoms with Gasteiger partial charge in [-0.2, -0.15) is 0 Å². The molecule has 82 valence electrons. The number of rotatable bonds is 2. The van der Waals surface area contributed by atoms with Crippen molar-refractivity contribution in [3.8, 4) is 5.75 Å². The van der Waals surface area contributed by atoms with E-state index in [2.05, 4.69) is 17.1 Å². The fraction of sp³-hybridized carbons (Fsp3) is 0. The highest BCUT2D eigenvalue weighted by Gasteiger charge is 2.03. The Labute approximate surface area is 98.9 Å². The molecule has 2 aromatic carbocycles. The van der Waals surface area contributed by atoms with Crippen molar-refractivity contribution in [3.05, 3.63) is 67.3 Å². The molecule has 3 heteroatoms. The van der Waals surface area contributed by atoms with Gasteiger partial charge in [-0.05, 0) is 22.9 Å². The number of fused-ring (bicyclic) bond motifs is 1. The van der Waals surface area contributed by atoms with Crippen molar-refractivity contribution in [1.82, 2.24) is 4.98 Å². The smallest absolute Gasteiger partial charge is 0.241 e. The van der Waals surface area contributed by atoms with Crippen LogP contribution in [-0.4, -0.2) is 4.98 Å². The third-order valence-electron chi connectivity index (χ3n) is 2.53. The van der Waals surface area contributed by atoms with Crippen molar-refractivity contribution in [1.29, 1.82) is 0 Å². The van der Waals surface area contributed by atoms with Crippen LogP contribution in [0.5, 0.6) is 5.75 Å². The molecular weight excluding hydrogens is 212 g/mol. The zero-order valence-corrected chi connectivity index (χ0v) is 9.15. The average Bonchev–Trinajstić information content (AvgIpc) is 2.40. The first-order valence-corrected chi connectivity index (χ1v) is 5.40. The second kappa shape index (κ2) is 4.22. The predicted molar refractivity (Wildman–Crippen MR) is 64.4 cm³/mol. The normalized spacial score (nSPS) is 10.4.